The third-order valence-corrected chi connectivity index (χ3v) is 2.87. The first-order valence-electron chi connectivity index (χ1n) is 7.56. The van der Waals surface area contributed by atoms with Crippen molar-refractivity contribution in [2.75, 3.05) is 24.1 Å². The van der Waals surface area contributed by atoms with E-state index < -0.39 is 17.7 Å². The number of hydrogen-bond acceptors (Lipinski definition) is 8. The molecule has 0 bridgehead atoms. The van der Waals surface area contributed by atoms with E-state index >= 15 is 0 Å². The average molecular weight is 351 g/mol. The number of ether oxygens (including phenoxy) is 1. The Morgan fingerprint density at radius 1 is 1.32 bits per heavy atom. The molecule has 2 aromatic heterocycles. The van der Waals surface area contributed by atoms with Crippen LogP contribution in [0.4, 0.5) is 16.6 Å². The maximum Gasteiger partial charge on any atom is 0.407 e. The number of anilines is 2. The Morgan fingerprint density at radius 2 is 2.04 bits per heavy atom. The zero-order valence-electron chi connectivity index (χ0n) is 14.2. The summed E-state index contributed by atoms with van der Waals surface area (Å²) in [5.41, 5.74) is 5.90. The van der Waals surface area contributed by atoms with Crippen LogP contribution in [0, 0.1) is 0 Å². The molecule has 0 radical (unpaired) electrons. The molecule has 0 fully saturated rings. The second-order valence-corrected chi connectivity index (χ2v) is 6.23. The van der Waals surface area contributed by atoms with Crippen molar-refractivity contribution in [3.8, 4) is 0 Å². The van der Waals surface area contributed by atoms with Gasteiger partial charge in [0.25, 0.3) is 0 Å². The van der Waals surface area contributed by atoms with Crippen molar-refractivity contribution in [1.82, 2.24) is 24.8 Å². The highest BCUT2D eigenvalue weighted by molar-refractivity contribution is 5.83. The van der Waals surface area contributed by atoms with Gasteiger partial charge in [0.2, 0.25) is 5.95 Å². The lowest BCUT2D eigenvalue weighted by atomic mass is 10.2. The monoisotopic (exact) mass is 351 g/mol. The standard InChI is InChI=1S/C14H21N7O4/c1-14(2,3)25-13(24)17-5-4-16-12-19-10(15)9-11(20-12)21(7-18-9)6-8(22)23/h7H,4-6H2,1-3H3,(H,17,24)(H,22,23)(H3,15,16,19,20). The number of aromatic nitrogens is 4. The molecule has 0 aliphatic heterocycles. The van der Waals surface area contributed by atoms with Crippen molar-refractivity contribution in [3.05, 3.63) is 6.33 Å². The van der Waals surface area contributed by atoms with Crippen LogP contribution < -0.4 is 16.4 Å². The summed E-state index contributed by atoms with van der Waals surface area (Å²) >= 11 is 0. The van der Waals surface area contributed by atoms with Crippen LogP contribution in [-0.4, -0.2) is 55.4 Å². The predicted octanol–water partition coefficient (Wildman–Crippen LogP) is 0.430. The lowest BCUT2D eigenvalue weighted by Crippen LogP contribution is -2.35. The molecule has 0 spiro atoms. The minimum atomic E-state index is -1.02. The van der Waals surface area contributed by atoms with Crippen LogP contribution in [-0.2, 0) is 16.1 Å². The summed E-state index contributed by atoms with van der Waals surface area (Å²) in [6, 6.07) is 0. The van der Waals surface area contributed by atoms with Gasteiger partial charge >= 0.3 is 12.1 Å². The van der Waals surface area contributed by atoms with Crippen molar-refractivity contribution in [2.24, 2.45) is 0 Å². The zero-order valence-corrected chi connectivity index (χ0v) is 14.2. The molecule has 11 heteroatoms. The van der Waals surface area contributed by atoms with Crippen LogP contribution in [0.2, 0.25) is 0 Å². The Balaban J connectivity index is 1.97. The number of nitrogens with zero attached hydrogens (tertiary/aromatic N) is 4. The Labute approximate surface area is 143 Å². The minimum Gasteiger partial charge on any atom is -0.480 e. The van der Waals surface area contributed by atoms with Crippen molar-refractivity contribution < 1.29 is 19.4 Å². The molecule has 0 unspecified atom stereocenters. The topological polar surface area (TPSA) is 157 Å². The van der Waals surface area contributed by atoms with Crippen LogP contribution in [0.5, 0.6) is 0 Å². The van der Waals surface area contributed by atoms with Crippen LogP contribution in [0.1, 0.15) is 20.8 Å². The Morgan fingerprint density at radius 3 is 2.68 bits per heavy atom. The fourth-order valence-electron chi connectivity index (χ4n) is 1.96. The molecule has 0 aliphatic rings. The normalized spacial score (nSPS) is 11.3. The van der Waals surface area contributed by atoms with Gasteiger partial charge in [-0.25, -0.2) is 9.78 Å². The van der Waals surface area contributed by atoms with Gasteiger partial charge in [-0.3, -0.25) is 4.79 Å². The zero-order chi connectivity index (χ0) is 18.6. The number of alkyl carbamates (subject to hydrolysis) is 1. The van der Waals surface area contributed by atoms with Gasteiger partial charge in [-0.2, -0.15) is 9.97 Å². The number of nitrogens with two attached hydrogens (primary N) is 1. The number of carboxylic acid groups (broad SMARTS) is 1. The van der Waals surface area contributed by atoms with Gasteiger partial charge in [-0.1, -0.05) is 0 Å². The third kappa shape index (κ3) is 5.19. The lowest BCUT2D eigenvalue weighted by molar-refractivity contribution is -0.137. The summed E-state index contributed by atoms with van der Waals surface area (Å²) in [5, 5.41) is 14.4. The molecule has 2 aromatic rings. The van der Waals surface area contributed by atoms with Gasteiger partial charge in [0, 0.05) is 13.1 Å². The number of hydrogen-bond donors (Lipinski definition) is 4. The minimum absolute atomic E-state index is 0.136. The number of nitrogen functional groups attached to an aromatic ring is 1. The second-order valence-electron chi connectivity index (χ2n) is 6.23. The summed E-state index contributed by atoms with van der Waals surface area (Å²) in [4.78, 5) is 34.7. The van der Waals surface area contributed by atoms with E-state index in [4.69, 9.17) is 15.6 Å². The van der Waals surface area contributed by atoms with E-state index in [0.717, 1.165) is 0 Å². The van der Waals surface area contributed by atoms with Gasteiger partial charge in [0.15, 0.2) is 11.5 Å². The molecule has 0 saturated carbocycles. The number of rotatable bonds is 6. The summed E-state index contributed by atoms with van der Waals surface area (Å²) in [7, 11) is 0. The van der Waals surface area contributed by atoms with Crippen molar-refractivity contribution in [1.29, 1.82) is 0 Å². The quantitative estimate of drug-likeness (QED) is 0.541. The summed E-state index contributed by atoms with van der Waals surface area (Å²) < 4.78 is 6.47. The van der Waals surface area contributed by atoms with E-state index in [-0.39, 0.29) is 24.9 Å². The first kappa shape index (κ1) is 18.2. The van der Waals surface area contributed by atoms with Gasteiger partial charge < -0.3 is 30.8 Å². The number of fused-ring (bicyclic) bond motifs is 1. The molecular formula is C14H21N7O4. The van der Waals surface area contributed by atoms with Crippen LogP contribution in [0.25, 0.3) is 11.2 Å². The van der Waals surface area contributed by atoms with Crippen molar-refractivity contribution in [2.45, 2.75) is 32.9 Å². The van der Waals surface area contributed by atoms with Gasteiger partial charge in [-0.05, 0) is 20.8 Å². The van der Waals surface area contributed by atoms with E-state index in [1.54, 1.807) is 20.8 Å². The predicted molar refractivity (Wildman–Crippen MR) is 90.1 cm³/mol. The van der Waals surface area contributed by atoms with Crippen LogP contribution in [0.3, 0.4) is 0 Å². The first-order valence-corrected chi connectivity index (χ1v) is 7.56. The second kappa shape index (κ2) is 7.20. The highest BCUT2D eigenvalue weighted by Crippen LogP contribution is 2.17. The average Bonchev–Trinajstić information content (AvgIpc) is 2.85. The van der Waals surface area contributed by atoms with Crippen molar-refractivity contribution in [3.63, 3.8) is 0 Å². The molecule has 2 heterocycles. The molecule has 0 saturated heterocycles. The molecule has 136 valence electrons. The van der Waals surface area contributed by atoms with E-state index in [0.29, 0.717) is 17.7 Å². The molecule has 5 N–H and O–H groups in total. The largest absolute Gasteiger partial charge is 0.480 e. The molecule has 1 amide bonds. The van der Waals surface area contributed by atoms with Crippen molar-refractivity contribution >= 4 is 35.0 Å². The number of carboxylic acids is 1. The maximum absolute atomic E-state index is 11.5. The molecule has 0 aromatic carbocycles. The highest BCUT2D eigenvalue weighted by atomic mass is 16.6. The molecular weight excluding hydrogens is 330 g/mol. The number of nitrogens with one attached hydrogen (secondary N) is 2. The Hall–Kier alpha value is -3.11. The summed E-state index contributed by atoms with van der Waals surface area (Å²) in [5.74, 6) is -0.674. The fourth-order valence-corrected chi connectivity index (χ4v) is 1.96. The lowest BCUT2D eigenvalue weighted by Gasteiger charge is -2.19. The Bertz CT molecular complexity index is 781. The molecule has 11 nitrogen and oxygen atoms in total. The maximum atomic E-state index is 11.5. The fraction of sp³-hybridized carbons (Fsp3) is 0.500. The molecule has 0 aliphatic carbocycles. The SMILES string of the molecule is CC(C)(C)OC(=O)NCCNc1nc(N)c2ncn(CC(=O)O)c2n1. The van der Waals surface area contributed by atoms with Gasteiger partial charge in [0.1, 0.15) is 17.7 Å². The summed E-state index contributed by atoms with van der Waals surface area (Å²) in [6.45, 7) is 5.65. The van der Waals surface area contributed by atoms with Crippen LogP contribution in [0.15, 0.2) is 6.33 Å². The highest BCUT2D eigenvalue weighted by Gasteiger charge is 2.16. The first-order chi connectivity index (χ1) is 11.7. The number of carbonyl (C=O) groups is 2. The smallest absolute Gasteiger partial charge is 0.407 e. The van der Waals surface area contributed by atoms with E-state index in [1.165, 1.54) is 10.9 Å². The summed E-state index contributed by atoms with van der Waals surface area (Å²) in [6.07, 6.45) is 0.821. The van der Waals surface area contributed by atoms with E-state index in [2.05, 4.69) is 25.6 Å². The molecule has 0 atom stereocenters. The van der Waals surface area contributed by atoms with E-state index in [1.807, 2.05) is 0 Å². The van der Waals surface area contributed by atoms with Crippen LogP contribution >= 0.6 is 0 Å². The van der Waals surface area contributed by atoms with Gasteiger partial charge in [-0.15, -0.1) is 0 Å². The molecule has 25 heavy (non-hydrogen) atoms. The number of amides is 1. The Kier molecular flexibility index (Phi) is 5.25. The van der Waals surface area contributed by atoms with Gasteiger partial charge in [0.05, 0.1) is 6.33 Å². The number of imidazole rings is 1. The molecule has 2 rings (SSSR count). The third-order valence-electron chi connectivity index (χ3n) is 2.87. The number of aliphatic carboxylic acids is 1. The number of carbonyl (C=O) groups excluding carboxylic acids is 1. The van der Waals surface area contributed by atoms with E-state index in [9.17, 15) is 9.59 Å².